The molecule has 0 bridgehead atoms. The van der Waals surface area contributed by atoms with Gasteiger partial charge in [0.2, 0.25) is 0 Å². The standard InChI is InChI=1S/C7H7F.C7H8.C2H6/c1-6-4-2-3-5-7(6)8;1-7-5-3-2-4-6-7;1-2/h2-5H,1H3;2-6H,1H3;1-2H3. The molecule has 0 aliphatic carbocycles. The van der Waals surface area contributed by atoms with Gasteiger partial charge in [-0.2, -0.15) is 0 Å². The molecule has 0 heterocycles. The highest BCUT2D eigenvalue weighted by atomic mass is 19.1. The molecule has 0 nitrogen and oxygen atoms in total. The predicted molar refractivity (Wildman–Crippen MR) is 73.7 cm³/mol. The van der Waals surface area contributed by atoms with Crippen LogP contribution < -0.4 is 0 Å². The molecule has 0 aliphatic rings. The molecule has 17 heavy (non-hydrogen) atoms. The van der Waals surface area contributed by atoms with Gasteiger partial charge in [0.1, 0.15) is 5.82 Å². The van der Waals surface area contributed by atoms with Crippen molar-refractivity contribution in [3.8, 4) is 0 Å². The second-order valence-corrected chi connectivity index (χ2v) is 3.40. The zero-order valence-electron chi connectivity index (χ0n) is 11.1. The molecule has 2 aromatic rings. The minimum absolute atomic E-state index is 0.132. The lowest BCUT2D eigenvalue weighted by molar-refractivity contribution is 0.618. The first kappa shape index (κ1) is 15.4. The van der Waals surface area contributed by atoms with Crippen molar-refractivity contribution in [1.82, 2.24) is 0 Å². The molecule has 0 N–H and O–H groups in total. The van der Waals surface area contributed by atoms with Crippen LogP contribution in [0.5, 0.6) is 0 Å². The van der Waals surface area contributed by atoms with E-state index in [0.29, 0.717) is 5.56 Å². The summed E-state index contributed by atoms with van der Waals surface area (Å²) in [7, 11) is 0. The summed E-state index contributed by atoms with van der Waals surface area (Å²) in [5, 5.41) is 0. The molecule has 2 rings (SSSR count). The van der Waals surface area contributed by atoms with Gasteiger partial charge in [0, 0.05) is 0 Å². The number of hydrogen-bond donors (Lipinski definition) is 0. The van der Waals surface area contributed by atoms with Crippen LogP contribution in [0.4, 0.5) is 4.39 Å². The Balaban J connectivity index is 0.000000265. The van der Waals surface area contributed by atoms with Crippen molar-refractivity contribution < 1.29 is 4.39 Å². The number of benzene rings is 2. The van der Waals surface area contributed by atoms with E-state index in [2.05, 4.69) is 19.1 Å². The maximum Gasteiger partial charge on any atom is 0.126 e. The second kappa shape index (κ2) is 9.59. The zero-order chi connectivity index (χ0) is 13.1. The molecule has 0 radical (unpaired) electrons. The van der Waals surface area contributed by atoms with Crippen LogP contribution in [0.1, 0.15) is 25.0 Å². The van der Waals surface area contributed by atoms with Gasteiger partial charge in [-0.05, 0) is 25.5 Å². The van der Waals surface area contributed by atoms with Crippen LogP contribution in [0.2, 0.25) is 0 Å². The fourth-order valence-electron chi connectivity index (χ4n) is 1.09. The van der Waals surface area contributed by atoms with E-state index >= 15 is 0 Å². The predicted octanol–water partition coefficient (Wildman–Crippen LogP) is 5.16. The van der Waals surface area contributed by atoms with E-state index in [0.717, 1.165) is 0 Å². The summed E-state index contributed by atoms with van der Waals surface area (Å²) in [5.41, 5.74) is 2.02. The summed E-state index contributed by atoms with van der Waals surface area (Å²) < 4.78 is 12.3. The lowest BCUT2D eigenvalue weighted by atomic mass is 10.2. The van der Waals surface area contributed by atoms with Crippen molar-refractivity contribution in [3.05, 3.63) is 71.5 Å². The molecule has 0 aliphatic heterocycles. The number of aryl methyl sites for hydroxylation is 2. The van der Waals surface area contributed by atoms with Gasteiger partial charge >= 0.3 is 0 Å². The SMILES string of the molecule is CC.Cc1ccccc1.Cc1ccccc1F. The molecular formula is C16H21F. The Labute approximate surface area is 104 Å². The minimum atomic E-state index is -0.132. The number of halogens is 1. The molecule has 0 amide bonds. The third-order valence-corrected chi connectivity index (χ3v) is 2.02. The highest BCUT2D eigenvalue weighted by Gasteiger charge is 1.88. The monoisotopic (exact) mass is 232 g/mol. The molecule has 0 unspecified atom stereocenters. The van der Waals surface area contributed by atoms with Crippen LogP contribution in [0.3, 0.4) is 0 Å². The normalized spacial score (nSPS) is 8.29. The zero-order valence-corrected chi connectivity index (χ0v) is 11.1. The van der Waals surface area contributed by atoms with Crippen molar-refractivity contribution in [2.75, 3.05) is 0 Å². The van der Waals surface area contributed by atoms with Gasteiger partial charge in [0.05, 0.1) is 0 Å². The fourth-order valence-corrected chi connectivity index (χ4v) is 1.09. The summed E-state index contributed by atoms with van der Waals surface area (Å²) >= 11 is 0. The molecular weight excluding hydrogens is 211 g/mol. The van der Waals surface area contributed by atoms with E-state index in [4.69, 9.17) is 0 Å². The topological polar surface area (TPSA) is 0 Å². The minimum Gasteiger partial charge on any atom is -0.207 e. The summed E-state index contributed by atoms with van der Waals surface area (Å²) in [6.45, 7) is 7.83. The average Bonchev–Trinajstić information content (AvgIpc) is 2.37. The van der Waals surface area contributed by atoms with Crippen LogP contribution >= 0.6 is 0 Å². The van der Waals surface area contributed by atoms with Gasteiger partial charge in [0.25, 0.3) is 0 Å². The Kier molecular flexibility index (Phi) is 8.67. The molecule has 92 valence electrons. The summed E-state index contributed by atoms with van der Waals surface area (Å²) in [4.78, 5) is 0. The van der Waals surface area contributed by atoms with Crippen LogP contribution in [0.15, 0.2) is 54.6 Å². The Bertz CT molecular complexity index is 372. The van der Waals surface area contributed by atoms with E-state index in [1.165, 1.54) is 11.6 Å². The molecule has 0 fully saturated rings. The van der Waals surface area contributed by atoms with Crippen LogP contribution in [-0.2, 0) is 0 Å². The molecule has 2 aromatic carbocycles. The van der Waals surface area contributed by atoms with Crippen LogP contribution in [-0.4, -0.2) is 0 Å². The van der Waals surface area contributed by atoms with Gasteiger partial charge in [-0.3, -0.25) is 0 Å². The second-order valence-electron chi connectivity index (χ2n) is 3.40. The van der Waals surface area contributed by atoms with Crippen molar-refractivity contribution >= 4 is 0 Å². The third-order valence-electron chi connectivity index (χ3n) is 2.02. The summed E-state index contributed by atoms with van der Waals surface area (Å²) in [5.74, 6) is -0.132. The smallest absolute Gasteiger partial charge is 0.126 e. The molecule has 0 aromatic heterocycles. The first-order valence-corrected chi connectivity index (χ1v) is 5.93. The molecule has 1 heteroatoms. The van der Waals surface area contributed by atoms with Crippen molar-refractivity contribution in [2.24, 2.45) is 0 Å². The molecule has 0 atom stereocenters. The Hall–Kier alpha value is -1.63. The van der Waals surface area contributed by atoms with Crippen LogP contribution in [0, 0.1) is 19.7 Å². The Morgan fingerprint density at radius 3 is 1.47 bits per heavy atom. The maximum atomic E-state index is 12.3. The van der Waals surface area contributed by atoms with Crippen molar-refractivity contribution in [1.29, 1.82) is 0 Å². The number of rotatable bonds is 0. The van der Waals surface area contributed by atoms with E-state index < -0.39 is 0 Å². The van der Waals surface area contributed by atoms with Gasteiger partial charge in [-0.15, -0.1) is 0 Å². The molecule has 0 saturated carbocycles. The number of hydrogen-bond acceptors (Lipinski definition) is 0. The van der Waals surface area contributed by atoms with E-state index in [9.17, 15) is 4.39 Å². The lowest BCUT2D eigenvalue weighted by Gasteiger charge is -1.89. The third kappa shape index (κ3) is 7.29. The van der Waals surface area contributed by atoms with Gasteiger partial charge in [0.15, 0.2) is 0 Å². The Morgan fingerprint density at radius 1 is 0.706 bits per heavy atom. The van der Waals surface area contributed by atoms with E-state index in [1.807, 2.05) is 38.1 Å². The van der Waals surface area contributed by atoms with Gasteiger partial charge in [-0.25, -0.2) is 4.39 Å². The van der Waals surface area contributed by atoms with Gasteiger partial charge in [-0.1, -0.05) is 67.9 Å². The van der Waals surface area contributed by atoms with E-state index in [-0.39, 0.29) is 5.82 Å². The van der Waals surface area contributed by atoms with Crippen molar-refractivity contribution in [2.45, 2.75) is 27.7 Å². The largest absolute Gasteiger partial charge is 0.207 e. The lowest BCUT2D eigenvalue weighted by Crippen LogP contribution is -1.76. The van der Waals surface area contributed by atoms with Crippen molar-refractivity contribution in [3.63, 3.8) is 0 Å². The molecule has 0 spiro atoms. The van der Waals surface area contributed by atoms with E-state index in [1.54, 1.807) is 19.1 Å². The highest BCUT2D eigenvalue weighted by molar-refractivity contribution is 5.14. The first-order chi connectivity index (χ1) is 8.20. The summed E-state index contributed by atoms with van der Waals surface area (Å²) in [6, 6.07) is 17.0. The van der Waals surface area contributed by atoms with Gasteiger partial charge < -0.3 is 0 Å². The highest BCUT2D eigenvalue weighted by Crippen LogP contribution is 2.02. The Morgan fingerprint density at radius 2 is 1.18 bits per heavy atom. The summed E-state index contributed by atoms with van der Waals surface area (Å²) in [6.07, 6.45) is 0. The van der Waals surface area contributed by atoms with Crippen LogP contribution in [0.25, 0.3) is 0 Å². The fraction of sp³-hybridized carbons (Fsp3) is 0.250. The maximum absolute atomic E-state index is 12.3. The molecule has 0 saturated heterocycles. The quantitative estimate of drug-likeness (QED) is 0.589. The average molecular weight is 232 g/mol. The first-order valence-electron chi connectivity index (χ1n) is 5.93.